The van der Waals surface area contributed by atoms with Gasteiger partial charge in [0.1, 0.15) is 0 Å². The average Bonchev–Trinajstić information content (AvgIpc) is 2.51. The molecule has 138 valence electrons. The van der Waals surface area contributed by atoms with E-state index in [-0.39, 0.29) is 13.2 Å². The second kappa shape index (κ2) is 11.6. The summed E-state index contributed by atoms with van der Waals surface area (Å²) in [6.45, 7) is 0.0279. The van der Waals surface area contributed by atoms with Gasteiger partial charge in [0, 0.05) is 28.8 Å². The predicted molar refractivity (Wildman–Crippen MR) is 89.1 cm³/mol. The summed E-state index contributed by atoms with van der Waals surface area (Å²) in [6.07, 6.45) is 0.900. The lowest BCUT2D eigenvalue weighted by Gasteiger charge is -2.12. The van der Waals surface area contributed by atoms with Crippen LogP contribution in [0.1, 0.15) is 0 Å². The smallest absolute Gasteiger partial charge is 0.0942 e. The van der Waals surface area contributed by atoms with E-state index in [1.54, 1.807) is 18.3 Å². The molecule has 2 rings (SSSR count). The molecular formula is C12H13ClN4O8-2. The maximum Gasteiger partial charge on any atom is 0.0942 e. The standard InChI is InChI=1S/C12H13ClN2O2.2NO3/c13-8-1-2-10-11(15-6-9(17)7-16)3-4-14-12(10)5-8;2*2-1(3)4/h1-5,9,16-17H,6-7H2,(H,14,15);;/q;2*-1. The first-order valence-corrected chi connectivity index (χ1v) is 6.75. The summed E-state index contributed by atoms with van der Waals surface area (Å²) in [5.41, 5.74) is 1.65. The van der Waals surface area contributed by atoms with Crippen LogP contribution in [-0.4, -0.2) is 44.6 Å². The summed E-state index contributed by atoms with van der Waals surface area (Å²) < 4.78 is 0. The molecule has 0 fully saturated rings. The van der Waals surface area contributed by atoms with E-state index < -0.39 is 16.3 Å². The zero-order valence-electron chi connectivity index (χ0n) is 12.4. The maximum atomic E-state index is 9.29. The molecule has 1 aromatic heterocycles. The summed E-state index contributed by atoms with van der Waals surface area (Å²) in [5.74, 6) is 0. The molecule has 1 atom stereocenters. The van der Waals surface area contributed by atoms with Crippen molar-refractivity contribution >= 4 is 28.2 Å². The number of hydrogen-bond donors (Lipinski definition) is 3. The largest absolute Gasteiger partial charge is 0.394 e. The lowest BCUT2D eigenvalue weighted by atomic mass is 10.2. The van der Waals surface area contributed by atoms with Gasteiger partial charge in [-0.05, 0) is 24.3 Å². The molecule has 0 saturated heterocycles. The van der Waals surface area contributed by atoms with E-state index in [1.807, 2.05) is 12.1 Å². The van der Waals surface area contributed by atoms with Crippen LogP contribution in [-0.2, 0) is 0 Å². The molecule has 0 amide bonds. The first kappa shape index (κ1) is 22.0. The number of aromatic nitrogens is 1. The Labute approximate surface area is 145 Å². The third-order valence-corrected chi connectivity index (χ3v) is 2.68. The van der Waals surface area contributed by atoms with Gasteiger partial charge in [-0.15, -0.1) is 0 Å². The highest BCUT2D eigenvalue weighted by Crippen LogP contribution is 2.24. The van der Waals surface area contributed by atoms with Crippen LogP contribution in [0.5, 0.6) is 0 Å². The van der Waals surface area contributed by atoms with Crippen molar-refractivity contribution in [3.63, 3.8) is 0 Å². The van der Waals surface area contributed by atoms with Crippen LogP contribution in [0.2, 0.25) is 5.02 Å². The third kappa shape index (κ3) is 10.4. The Balaban J connectivity index is 0.000000609. The molecule has 0 aliphatic rings. The summed E-state index contributed by atoms with van der Waals surface area (Å²) in [5, 5.41) is 52.2. The zero-order valence-corrected chi connectivity index (χ0v) is 13.2. The minimum atomic E-state index is -1.75. The Bertz CT molecular complexity index is 682. The number of hydrogen-bond acceptors (Lipinski definition) is 10. The molecule has 0 aliphatic heterocycles. The van der Waals surface area contributed by atoms with E-state index in [0.717, 1.165) is 16.6 Å². The van der Waals surface area contributed by atoms with Crippen molar-refractivity contribution in [2.24, 2.45) is 0 Å². The Morgan fingerprint density at radius 2 is 1.72 bits per heavy atom. The molecule has 0 bridgehead atoms. The van der Waals surface area contributed by atoms with Crippen LogP contribution in [0, 0.1) is 30.6 Å². The Hall–Kier alpha value is -2.96. The van der Waals surface area contributed by atoms with Crippen LogP contribution < -0.4 is 5.32 Å². The highest BCUT2D eigenvalue weighted by Gasteiger charge is 2.05. The van der Waals surface area contributed by atoms with Gasteiger partial charge in [0.05, 0.1) is 28.4 Å². The lowest BCUT2D eigenvalue weighted by Crippen LogP contribution is -2.23. The molecule has 1 unspecified atom stereocenters. The van der Waals surface area contributed by atoms with E-state index in [4.69, 9.17) is 47.4 Å². The first-order chi connectivity index (χ1) is 11.7. The Kier molecular flexibility index (Phi) is 10.2. The second-order valence-corrected chi connectivity index (χ2v) is 4.62. The molecule has 1 heterocycles. The number of nitrogens with zero attached hydrogens (tertiary/aromatic N) is 3. The number of benzene rings is 1. The first-order valence-electron chi connectivity index (χ1n) is 6.37. The molecule has 13 heteroatoms. The number of anilines is 1. The SMILES string of the molecule is O=[N+]([O-])[O-].O=[N+]([O-])[O-].OCC(O)CNc1ccnc2cc(Cl)ccc12. The van der Waals surface area contributed by atoms with Crippen LogP contribution in [0.3, 0.4) is 0 Å². The summed E-state index contributed by atoms with van der Waals surface area (Å²) in [6, 6.07) is 7.27. The number of halogens is 1. The highest BCUT2D eigenvalue weighted by atomic mass is 35.5. The van der Waals surface area contributed by atoms with Crippen molar-refractivity contribution in [2.75, 3.05) is 18.5 Å². The van der Waals surface area contributed by atoms with E-state index in [9.17, 15) is 5.11 Å². The molecule has 1 aromatic carbocycles. The molecule has 2 aromatic rings. The summed E-state index contributed by atoms with van der Waals surface area (Å²) in [4.78, 5) is 20.7. The topological polar surface area (TPSA) is 198 Å². The minimum absolute atomic E-state index is 0.262. The normalized spacial score (nSPS) is 10.5. The number of fused-ring (bicyclic) bond motifs is 1. The molecular weight excluding hydrogens is 364 g/mol. The van der Waals surface area contributed by atoms with Crippen molar-refractivity contribution in [2.45, 2.75) is 6.10 Å². The monoisotopic (exact) mass is 376 g/mol. The van der Waals surface area contributed by atoms with Gasteiger partial charge in [-0.1, -0.05) is 11.6 Å². The van der Waals surface area contributed by atoms with Gasteiger partial charge in [-0.25, -0.2) is 0 Å². The van der Waals surface area contributed by atoms with E-state index in [1.165, 1.54) is 0 Å². The van der Waals surface area contributed by atoms with Crippen molar-refractivity contribution in [1.29, 1.82) is 0 Å². The second-order valence-electron chi connectivity index (χ2n) is 4.18. The highest BCUT2D eigenvalue weighted by molar-refractivity contribution is 6.31. The molecule has 25 heavy (non-hydrogen) atoms. The van der Waals surface area contributed by atoms with Crippen LogP contribution >= 0.6 is 11.6 Å². The van der Waals surface area contributed by atoms with Crippen molar-refractivity contribution in [3.05, 3.63) is 66.1 Å². The molecule has 0 radical (unpaired) electrons. The van der Waals surface area contributed by atoms with Gasteiger partial charge in [-0.2, -0.15) is 0 Å². The predicted octanol–water partition coefficient (Wildman–Crippen LogP) is 1.18. The Morgan fingerprint density at radius 1 is 1.16 bits per heavy atom. The Morgan fingerprint density at radius 3 is 2.24 bits per heavy atom. The zero-order chi connectivity index (χ0) is 19.4. The van der Waals surface area contributed by atoms with Gasteiger partial charge in [0.2, 0.25) is 0 Å². The fourth-order valence-electron chi connectivity index (χ4n) is 1.57. The summed E-state index contributed by atoms with van der Waals surface area (Å²) >= 11 is 5.89. The quantitative estimate of drug-likeness (QED) is 0.514. The van der Waals surface area contributed by atoms with Gasteiger partial charge >= 0.3 is 0 Å². The third-order valence-electron chi connectivity index (χ3n) is 2.44. The maximum absolute atomic E-state index is 9.29. The van der Waals surface area contributed by atoms with Gasteiger partial charge in [0.15, 0.2) is 0 Å². The van der Waals surface area contributed by atoms with Crippen LogP contribution in [0.15, 0.2) is 30.5 Å². The van der Waals surface area contributed by atoms with Gasteiger partial charge < -0.3 is 46.2 Å². The van der Waals surface area contributed by atoms with Crippen molar-refractivity contribution in [1.82, 2.24) is 4.98 Å². The minimum Gasteiger partial charge on any atom is -0.394 e. The number of aliphatic hydroxyl groups excluding tert-OH is 2. The number of pyridine rings is 1. The van der Waals surface area contributed by atoms with E-state index in [2.05, 4.69) is 10.3 Å². The molecule has 0 saturated carbocycles. The number of nitrogens with one attached hydrogen (secondary N) is 1. The van der Waals surface area contributed by atoms with E-state index >= 15 is 0 Å². The van der Waals surface area contributed by atoms with Crippen molar-refractivity contribution < 1.29 is 20.4 Å². The number of aliphatic hydroxyl groups is 2. The lowest BCUT2D eigenvalue weighted by molar-refractivity contribution is -0.403. The van der Waals surface area contributed by atoms with Gasteiger partial charge in [-0.3, -0.25) is 4.98 Å². The molecule has 0 spiro atoms. The molecule has 12 nitrogen and oxygen atoms in total. The average molecular weight is 377 g/mol. The fourth-order valence-corrected chi connectivity index (χ4v) is 1.73. The molecule has 3 N–H and O–H groups in total. The summed E-state index contributed by atoms with van der Waals surface area (Å²) in [7, 11) is 0. The fraction of sp³-hybridized carbons (Fsp3) is 0.250. The van der Waals surface area contributed by atoms with Crippen LogP contribution in [0.4, 0.5) is 5.69 Å². The van der Waals surface area contributed by atoms with Gasteiger partial charge in [0.25, 0.3) is 0 Å². The molecule has 0 aliphatic carbocycles. The van der Waals surface area contributed by atoms with Crippen molar-refractivity contribution in [3.8, 4) is 0 Å². The van der Waals surface area contributed by atoms with Crippen LogP contribution in [0.25, 0.3) is 10.9 Å². The van der Waals surface area contributed by atoms with E-state index in [0.29, 0.717) is 5.02 Å². The number of rotatable bonds is 4.